The minimum atomic E-state index is -0.0947. The highest BCUT2D eigenvalue weighted by atomic mass is 16.1. The van der Waals surface area contributed by atoms with Crippen molar-refractivity contribution in [2.75, 3.05) is 24.3 Å². The lowest BCUT2D eigenvalue weighted by atomic mass is 9.82. The van der Waals surface area contributed by atoms with E-state index in [-0.39, 0.29) is 11.8 Å². The molecule has 5 nitrogen and oxygen atoms in total. The molecule has 1 unspecified atom stereocenters. The third-order valence-corrected chi connectivity index (χ3v) is 4.05. The average molecular weight is 296 g/mol. The minimum Gasteiger partial charge on any atom is -0.363 e. The molecule has 1 aromatic carbocycles. The van der Waals surface area contributed by atoms with Crippen LogP contribution in [0.15, 0.2) is 36.7 Å². The molecule has 3 rings (SSSR count). The second-order valence-corrected chi connectivity index (χ2v) is 5.79. The number of aryl methyl sites for hydroxylation is 1. The van der Waals surface area contributed by atoms with E-state index in [1.54, 1.807) is 6.07 Å². The number of hydrogen-bond acceptors (Lipinski definition) is 4. The summed E-state index contributed by atoms with van der Waals surface area (Å²) < 4.78 is 0. The van der Waals surface area contributed by atoms with Crippen LogP contribution in [0.1, 0.15) is 29.9 Å². The number of carbonyl (C=O) groups is 1. The van der Waals surface area contributed by atoms with Gasteiger partial charge in [-0.05, 0) is 30.4 Å². The summed E-state index contributed by atoms with van der Waals surface area (Å²) in [5.74, 6) is 1.24. The summed E-state index contributed by atoms with van der Waals surface area (Å²) in [5, 5.41) is 2.93. The van der Waals surface area contributed by atoms with Crippen LogP contribution in [0.5, 0.6) is 0 Å². The van der Waals surface area contributed by atoms with Crippen molar-refractivity contribution in [2.45, 2.75) is 25.2 Å². The molecule has 1 heterocycles. The molecule has 0 saturated heterocycles. The lowest BCUT2D eigenvalue weighted by Crippen LogP contribution is -2.25. The van der Waals surface area contributed by atoms with Crippen LogP contribution < -0.4 is 10.2 Å². The van der Waals surface area contributed by atoms with Gasteiger partial charge in [0.15, 0.2) is 0 Å². The van der Waals surface area contributed by atoms with Crippen LogP contribution in [0.4, 0.5) is 11.6 Å². The van der Waals surface area contributed by atoms with E-state index in [1.807, 2.05) is 31.1 Å². The SMILES string of the molecule is CN(C)c1cc(NC(=O)C2CCCc3ccccc32)ncn1. The molecular formula is C17H20N4O. The van der Waals surface area contributed by atoms with Crippen molar-refractivity contribution in [3.05, 3.63) is 47.8 Å². The summed E-state index contributed by atoms with van der Waals surface area (Å²) in [7, 11) is 3.82. The summed E-state index contributed by atoms with van der Waals surface area (Å²) in [6.07, 6.45) is 4.45. The Morgan fingerprint density at radius 2 is 2.09 bits per heavy atom. The molecule has 2 aromatic rings. The van der Waals surface area contributed by atoms with E-state index in [4.69, 9.17) is 0 Å². The van der Waals surface area contributed by atoms with Crippen molar-refractivity contribution in [1.29, 1.82) is 0 Å². The van der Waals surface area contributed by atoms with Crippen LogP contribution in [0, 0.1) is 0 Å². The number of hydrogen-bond donors (Lipinski definition) is 1. The first-order valence-corrected chi connectivity index (χ1v) is 7.53. The molecular weight excluding hydrogens is 276 g/mol. The molecule has 114 valence electrons. The van der Waals surface area contributed by atoms with E-state index in [9.17, 15) is 4.79 Å². The average Bonchev–Trinajstić information content (AvgIpc) is 2.54. The van der Waals surface area contributed by atoms with Crippen molar-refractivity contribution in [3.63, 3.8) is 0 Å². The monoisotopic (exact) mass is 296 g/mol. The number of amides is 1. The number of nitrogens with one attached hydrogen (secondary N) is 1. The number of nitrogens with zero attached hydrogens (tertiary/aromatic N) is 3. The Labute approximate surface area is 130 Å². The first kappa shape index (κ1) is 14.5. The fourth-order valence-corrected chi connectivity index (χ4v) is 2.90. The molecule has 0 fully saturated rings. The fraction of sp³-hybridized carbons (Fsp3) is 0.353. The van der Waals surface area contributed by atoms with E-state index in [0.717, 1.165) is 30.6 Å². The lowest BCUT2D eigenvalue weighted by Gasteiger charge is -2.24. The molecule has 1 atom stereocenters. The quantitative estimate of drug-likeness (QED) is 0.946. The standard InChI is InChI=1S/C17H20N4O/c1-21(2)16-10-15(18-11-19-16)20-17(22)14-9-5-7-12-6-3-4-8-13(12)14/h3-4,6,8,10-11,14H,5,7,9H2,1-2H3,(H,18,19,20,22). The van der Waals surface area contributed by atoms with Crippen molar-refractivity contribution >= 4 is 17.5 Å². The zero-order valence-corrected chi connectivity index (χ0v) is 12.9. The molecule has 1 amide bonds. The highest BCUT2D eigenvalue weighted by Crippen LogP contribution is 2.32. The summed E-state index contributed by atoms with van der Waals surface area (Å²) in [6, 6.07) is 9.99. The van der Waals surface area contributed by atoms with Gasteiger partial charge in [0.05, 0.1) is 5.92 Å². The number of rotatable bonds is 3. The van der Waals surface area contributed by atoms with Crippen molar-refractivity contribution in [2.24, 2.45) is 0 Å². The number of carbonyl (C=O) groups excluding carboxylic acids is 1. The molecule has 5 heteroatoms. The topological polar surface area (TPSA) is 58.1 Å². The van der Waals surface area contributed by atoms with Crippen LogP contribution in [0.3, 0.4) is 0 Å². The van der Waals surface area contributed by atoms with Gasteiger partial charge in [-0.15, -0.1) is 0 Å². The van der Waals surface area contributed by atoms with Crippen molar-refractivity contribution in [3.8, 4) is 0 Å². The number of benzene rings is 1. The first-order chi connectivity index (χ1) is 10.6. The zero-order chi connectivity index (χ0) is 15.5. The van der Waals surface area contributed by atoms with Crippen LogP contribution in [-0.2, 0) is 11.2 Å². The van der Waals surface area contributed by atoms with E-state index in [0.29, 0.717) is 5.82 Å². The van der Waals surface area contributed by atoms with Gasteiger partial charge in [-0.1, -0.05) is 24.3 Å². The van der Waals surface area contributed by atoms with Crippen LogP contribution in [0.2, 0.25) is 0 Å². The summed E-state index contributed by atoms with van der Waals surface area (Å²) in [5.41, 5.74) is 2.43. The summed E-state index contributed by atoms with van der Waals surface area (Å²) in [4.78, 5) is 22.8. The molecule has 0 bridgehead atoms. The maximum atomic E-state index is 12.6. The van der Waals surface area contributed by atoms with Crippen LogP contribution in [-0.4, -0.2) is 30.0 Å². The third kappa shape index (κ3) is 2.93. The Balaban J connectivity index is 1.80. The highest BCUT2D eigenvalue weighted by molar-refractivity contribution is 5.95. The summed E-state index contributed by atoms with van der Waals surface area (Å²) >= 11 is 0. The Kier molecular flexibility index (Phi) is 4.04. The second kappa shape index (κ2) is 6.13. The van der Waals surface area contributed by atoms with E-state index < -0.39 is 0 Å². The molecule has 0 saturated carbocycles. The van der Waals surface area contributed by atoms with Gasteiger partial charge < -0.3 is 10.2 Å². The number of fused-ring (bicyclic) bond motifs is 1. The molecule has 0 radical (unpaired) electrons. The van der Waals surface area contributed by atoms with Gasteiger partial charge >= 0.3 is 0 Å². The lowest BCUT2D eigenvalue weighted by molar-refractivity contribution is -0.117. The molecule has 1 aliphatic rings. The van der Waals surface area contributed by atoms with Crippen molar-refractivity contribution < 1.29 is 4.79 Å². The maximum Gasteiger partial charge on any atom is 0.233 e. The summed E-state index contributed by atoms with van der Waals surface area (Å²) in [6.45, 7) is 0. The first-order valence-electron chi connectivity index (χ1n) is 7.53. The van der Waals surface area contributed by atoms with Crippen LogP contribution >= 0.6 is 0 Å². The van der Waals surface area contributed by atoms with E-state index in [2.05, 4.69) is 27.4 Å². The normalized spacial score (nSPS) is 16.7. The molecule has 1 aliphatic carbocycles. The van der Waals surface area contributed by atoms with Gasteiger partial charge in [0.2, 0.25) is 5.91 Å². The van der Waals surface area contributed by atoms with E-state index in [1.165, 1.54) is 11.9 Å². The minimum absolute atomic E-state index is 0.00977. The Morgan fingerprint density at radius 1 is 1.27 bits per heavy atom. The van der Waals surface area contributed by atoms with Gasteiger partial charge in [0.1, 0.15) is 18.0 Å². The van der Waals surface area contributed by atoms with Gasteiger partial charge in [-0.2, -0.15) is 0 Å². The smallest absolute Gasteiger partial charge is 0.233 e. The predicted octanol–water partition coefficient (Wildman–Crippen LogP) is 2.60. The third-order valence-electron chi connectivity index (χ3n) is 4.05. The van der Waals surface area contributed by atoms with Crippen LogP contribution in [0.25, 0.3) is 0 Å². The number of anilines is 2. The van der Waals surface area contributed by atoms with Gasteiger partial charge in [0, 0.05) is 20.2 Å². The van der Waals surface area contributed by atoms with Gasteiger partial charge in [-0.25, -0.2) is 9.97 Å². The van der Waals surface area contributed by atoms with Crippen molar-refractivity contribution in [1.82, 2.24) is 9.97 Å². The van der Waals surface area contributed by atoms with E-state index >= 15 is 0 Å². The molecule has 1 aromatic heterocycles. The molecule has 22 heavy (non-hydrogen) atoms. The molecule has 0 spiro atoms. The zero-order valence-electron chi connectivity index (χ0n) is 12.9. The second-order valence-electron chi connectivity index (χ2n) is 5.79. The molecule has 0 aliphatic heterocycles. The number of aromatic nitrogens is 2. The Morgan fingerprint density at radius 3 is 2.91 bits per heavy atom. The predicted molar refractivity (Wildman–Crippen MR) is 87.1 cm³/mol. The maximum absolute atomic E-state index is 12.6. The van der Waals surface area contributed by atoms with Gasteiger partial charge in [0.25, 0.3) is 0 Å². The Bertz CT molecular complexity index is 684. The highest BCUT2D eigenvalue weighted by Gasteiger charge is 2.26. The van der Waals surface area contributed by atoms with Gasteiger partial charge in [-0.3, -0.25) is 4.79 Å². The largest absolute Gasteiger partial charge is 0.363 e. The fourth-order valence-electron chi connectivity index (χ4n) is 2.90. The molecule has 1 N–H and O–H groups in total. The Hall–Kier alpha value is -2.43.